The highest BCUT2D eigenvalue weighted by Gasteiger charge is 2.55. The van der Waals surface area contributed by atoms with Gasteiger partial charge < -0.3 is 9.84 Å². The summed E-state index contributed by atoms with van der Waals surface area (Å²) in [6, 6.07) is 1.71. The van der Waals surface area contributed by atoms with Crippen LogP contribution in [0.3, 0.4) is 0 Å². The molecule has 0 radical (unpaired) electrons. The van der Waals surface area contributed by atoms with Crippen LogP contribution in [0.1, 0.15) is 31.7 Å². The minimum atomic E-state index is -0.946. The summed E-state index contributed by atoms with van der Waals surface area (Å²) in [5.74, 6) is -0.657. The predicted octanol–water partition coefficient (Wildman–Crippen LogP) is 5.25. The number of methoxy groups -OCH3 is 1. The highest BCUT2D eigenvalue weighted by Crippen LogP contribution is 2.57. The molecule has 3 rings (SSSR count). The Labute approximate surface area is 175 Å². The van der Waals surface area contributed by atoms with Crippen molar-refractivity contribution in [1.29, 1.82) is 0 Å². The molecule has 0 bridgehead atoms. The smallest absolute Gasteiger partial charge is 0.173 e. The van der Waals surface area contributed by atoms with Gasteiger partial charge in [-0.05, 0) is 74.1 Å². The number of rotatable bonds is 3. The molecule has 2 aliphatic carbocycles. The van der Waals surface area contributed by atoms with Gasteiger partial charge >= 0.3 is 0 Å². The minimum Gasteiger partial charge on any atom is -0.503 e. The molecule has 0 spiro atoms. The van der Waals surface area contributed by atoms with Gasteiger partial charge in [-0.15, -0.1) is 0 Å². The normalized spacial score (nSPS) is 27.6. The molecule has 1 N–H and O–H groups in total. The number of fused-ring (bicyclic) bond motifs is 1. The van der Waals surface area contributed by atoms with Gasteiger partial charge in [0.05, 0.1) is 17.0 Å². The van der Waals surface area contributed by atoms with Gasteiger partial charge in [-0.1, -0.05) is 25.7 Å². The Bertz CT molecular complexity index is 929. The van der Waals surface area contributed by atoms with Crippen molar-refractivity contribution in [3.63, 3.8) is 0 Å². The number of Topliss-reactive ketones (excluding diaryl/α,β-unsaturated/α-hetero) is 1. The molecule has 0 aromatic heterocycles. The van der Waals surface area contributed by atoms with Crippen LogP contribution in [0.15, 0.2) is 51.0 Å². The Hall–Kier alpha value is -1.66. The number of carbonyl (C=O) groups is 2. The summed E-state index contributed by atoms with van der Waals surface area (Å²) in [4.78, 5) is 26.0. The quantitative estimate of drug-likeness (QED) is 0.622. The lowest BCUT2D eigenvalue weighted by Gasteiger charge is -2.47. The van der Waals surface area contributed by atoms with Crippen molar-refractivity contribution in [3.05, 3.63) is 56.5 Å². The van der Waals surface area contributed by atoms with Gasteiger partial charge in [-0.3, -0.25) is 9.59 Å². The monoisotopic (exact) mass is 494 g/mol. The number of phenolic OH excluding ortho intramolecular Hbond substituents is 1. The molecule has 27 heavy (non-hydrogen) atoms. The van der Waals surface area contributed by atoms with Crippen LogP contribution in [-0.2, 0) is 9.59 Å². The maximum absolute atomic E-state index is 13.2. The number of hydrogen-bond acceptors (Lipinski definition) is 4. The first-order valence-electron chi connectivity index (χ1n) is 8.52. The lowest BCUT2D eigenvalue weighted by atomic mass is 9.53. The van der Waals surface area contributed by atoms with Crippen molar-refractivity contribution in [2.45, 2.75) is 26.2 Å². The fourth-order valence-electron chi connectivity index (χ4n) is 4.24. The number of benzene rings is 1. The van der Waals surface area contributed by atoms with E-state index in [1.807, 2.05) is 13.0 Å². The first-order valence-corrected chi connectivity index (χ1v) is 10.1. The number of halogens is 2. The van der Waals surface area contributed by atoms with E-state index in [4.69, 9.17) is 4.74 Å². The third kappa shape index (κ3) is 2.85. The molecule has 3 unspecified atom stereocenters. The fraction of sp³-hybridized carbons (Fsp3) is 0.333. The number of phenols is 1. The van der Waals surface area contributed by atoms with Gasteiger partial charge in [0.15, 0.2) is 23.1 Å². The average Bonchev–Trinajstić information content (AvgIpc) is 2.65. The van der Waals surface area contributed by atoms with Crippen LogP contribution in [0.4, 0.5) is 0 Å². The number of allylic oxidation sites excluding steroid dienone is 5. The van der Waals surface area contributed by atoms with E-state index in [9.17, 15) is 14.7 Å². The molecule has 0 amide bonds. The Balaban J connectivity index is 2.33. The Kier molecular flexibility index (Phi) is 5.25. The molecule has 4 nitrogen and oxygen atoms in total. The first-order chi connectivity index (χ1) is 12.7. The zero-order chi connectivity index (χ0) is 20.1. The number of aromatic hydroxyl groups is 1. The second kappa shape index (κ2) is 7.06. The van der Waals surface area contributed by atoms with E-state index in [0.717, 1.165) is 11.1 Å². The van der Waals surface area contributed by atoms with Crippen molar-refractivity contribution in [2.75, 3.05) is 7.11 Å². The number of ether oxygens (including phenoxy) is 1. The molecule has 0 saturated heterocycles. The maximum atomic E-state index is 13.2. The SMILES string of the molecule is C=CC1=CCC2C(=O)C(C)=CC(=O)C2(C)C1c1cc(OC)c(O)c(Br)c1Br. The van der Waals surface area contributed by atoms with Crippen LogP contribution in [0, 0.1) is 11.3 Å². The largest absolute Gasteiger partial charge is 0.503 e. The third-order valence-corrected chi connectivity index (χ3v) is 7.93. The van der Waals surface area contributed by atoms with Crippen molar-refractivity contribution >= 4 is 43.4 Å². The van der Waals surface area contributed by atoms with Gasteiger partial charge in [-0.2, -0.15) is 0 Å². The molecule has 1 aromatic carbocycles. The molecular weight excluding hydrogens is 476 g/mol. The van der Waals surface area contributed by atoms with Gasteiger partial charge in [0.2, 0.25) is 0 Å². The summed E-state index contributed by atoms with van der Waals surface area (Å²) in [5, 5.41) is 10.3. The van der Waals surface area contributed by atoms with E-state index < -0.39 is 17.3 Å². The summed E-state index contributed by atoms with van der Waals surface area (Å²) >= 11 is 6.92. The summed E-state index contributed by atoms with van der Waals surface area (Å²) < 4.78 is 6.36. The van der Waals surface area contributed by atoms with Gasteiger partial charge in [0, 0.05) is 16.3 Å². The van der Waals surface area contributed by atoms with Crippen molar-refractivity contribution < 1.29 is 19.4 Å². The second-order valence-electron chi connectivity index (χ2n) is 7.11. The van der Waals surface area contributed by atoms with Gasteiger partial charge in [0.25, 0.3) is 0 Å². The van der Waals surface area contributed by atoms with Gasteiger partial charge in [-0.25, -0.2) is 0 Å². The van der Waals surface area contributed by atoms with Crippen molar-refractivity contribution in [2.24, 2.45) is 11.3 Å². The highest BCUT2D eigenvalue weighted by atomic mass is 79.9. The van der Waals surface area contributed by atoms with Crippen molar-refractivity contribution in [3.8, 4) is 11.5 Å². The summed E-state index contributed by atoms with van der Waals surface area (Å²) in [6.07, 6.45) is 5.67. The van der Waals surface area contributed by atoms with Crippen LogP contribution >= 0.6 is 31.9 Å². The average molecular weight is 496 g/mol. The van der Waals surface area contributed by atoms with E-state index in [2.05, 4.69) is 38.4 Å². The molecule has 0 heterocycles. The zero-order valence-corrected chi connectivity index (χ0v) is 18.5. The molecule has 6 heteroatoms. The number of ketones is 2. The summed E-state index contributed by atoms with van der Waals surface area (Å²) in [5.41, 5.74) is 1.19. The molecule has 142 valence electrons. The second-order valence-corrected chi connectivity index (χ2v) is 8.70. The molecule has 0 aliphatic heterocycles. The predicted molar refractivity (Wildman–Crippen MR) is 111 cm³/mol. The Morgan fingerprint density at radius 3 is 2.59 bits per heavy atom. The van der Waals surface area contributed by atoms with E-state index >= 15 is 0 Å². The van der Waals surface area contributed by atoms with Crippen molar-refractivity contribution in [1.82, 2.24) is 0 Å². The Morgan fingerprint density at radius 2 is 2.00 bits per heavy atom. The molecule has 0 fully saturated rings. The first kappa shape index (κ1) is 20.1. The Morgan fingerprint density at radius 1 is 1.33 bits per heavy atom. The maximum Gasteiger partial charge on any atom is 0.173 e. The molecule has 3 atom stereocenters. The lowest BCUT2D eigenvalue weighted by molar-refractivity contribution is -0.137. The number of hydrogen-bond donors (Lipinski definition) is 1. The van der Waals surface area contributed by atoms with Gasteiger partial charge in [0.1, 0.15) is 0 Å². The summed E-state index contributed by atoms with van der Waals surface area (Å²) in [6.45, 7) is 7.45. The van der Waals surface area contributed by atoms with Crippen LogP contribution in [0.2, 0.25) is 0 Å². The molecule has 1 aromatic rings. The van der Waals surface area contributed by atoms with Crippen LogP contribution in [-0.4, -0.2) is 23.8 Å². The lowest BCUT2D eigenvalue weighted by Crippen LogP contribution is -2.49. The van der Waals surface area contributed by atoms with Crippen LogP contribution < -0.4 is 4.74 Å². The zero-order valence-electron chi connectivity index (χ0n) is 15.3. The highest BCUT2D eigenvalue weighted by molar-refractivity contribution is 9.13. The van der Waals surface area contributed by atoms with E-state index in [-0.39, 0.29) is 23.1 Å². The summed E-state index contributed by atoms with van der Waals surface area (Å²) in [7, 11) is 1.47. The third-order valence-electron chi connectivity index (χ3n) is 5.77. The van der Waals surface area contributed by atoms with E-state index in [1.165, 1.54) is 13.2 Å². The topological polar surface area (TPSA) is 63.6 Å². The fourth-order valence-corrected chi connectivity index (χ4v) is 5.19. The minimum absolute atomic E-state index is 0.00222. The van der Waals surface area contributed by atoms with E-state index in [0.29, 0.717) is 20.9 Å². The standard InChI is InChI=1S/C21H20Br2O4/c1-5-11-6-7-13-19(25)10(2)8-15(24)21(13,3)16(11)12-9-14(27-4)20(26)18(23)17(12)22/h5-6,8-9,13,16,26H,1,7H2,2-4H3. The molecule has 0 saturated carbocycles. The molecule has 2 aliphatic rings. The van der Waals surface area contributed by atoms with E-state index in [1.54, 1.807) is 19.1 Å². The van der Waals surface area contributed by atoms with Crippen LogP contribution in [0.25, 0.3) is 0 Å². The number of carbonyl (C=O) groups excluding carboxylic acids is 2. The van der Waals surface area contributed by atoms with Crippen LogP contribution in [0.5, 0.6) is 11.5 Å². The molecular formula is C21H20Br2O4.